The molecule has 4 nitrogen and oxygen atoms in total. The Labute approximate surface area is 144 Å². The second-order valence-electron chi connectivity index (χ2n) is 6.43. The number of hydrogen-bond acceptors (Lipinski definition) is 3. The summed E-state index contributed by atoms with van der Waals surface area (Å²) in [5, 5.41) is 2.92. The van der Waals surface area contributed by atoms with E-state index in [0.717, 1.165) is 17.7 Å². The fourth-order valence-corrected chi connectivity index (χ4v) is 2.42. The van der Waals surface area contributed by atoms with Crippen LogP contribution in [0.15, 0.2) is 54.6 Å². The molecule has 4 heteroatoms. The Hall–Kier alpha value is -2.17. The molecule has 0 bridgehead atoms. The van der Waals surface area contributed by atoms with Crippen molar-refractivity contribution in [1.82, 2.24) is 10.2 Å². The van der Waals surface area contributed by atoms with E-state index in [1.54, 1.807) is 0 Å². The Bertz CT molecular complexity index is 655. The molecule has 2 aromatic carbocycles. The number of amides is 1. The highest BCUT2D eigenvalue weighted by molar-refractivity contribution is 5.82. The van der Waals surface area contributed by atoms with E-state index in [9.17, 15) is 4.79 Å². The van der Waals surface area contributed by atoms with Crippen LogP contribution in [0.4, 0.5) is 0 Å². The maximum Gasteiger partial charge on any atom is 0.241 e. The molecule has 0 aliphatic rings. The molecule has 0 heterocycles. The van der Waals surface area contributed by atoms with Crippen molar-refractivity contribution in [2.45, 2.75) is 39.0 Å². The third-order valence-electron chi connectivity index (χ3n) is 4.21. The van der Waals surface area contributed by atoms with Crippen LogP contribution in [-0.4, -0.2) is 23.9 Å². The van der Waals surface area contributed by atoms with E-state index in [-0.39, 0.29) is 5.91 Å². The van der Waals surface area contributed by atoms with Gasteiger partial charge in [0.1, 0.15) is 6.04 Å². The number of carbonyl (C=O) groups is 1. The minimum atomic E-state index is -0.638. The Balaban J connectivity index is 1.93. The second-order valence-corrected chi connectivity index (χ2v) is 6.43. The van der Waals surface area contributed by atoms with E-state index in [4.69, 9.17) is 5.73 Å². The molecule has 0 aliphatic heterocycles. The molecule has 1 atom stereocenters. The Morgan fingerprint density at radius 2 is 1.75 bits per heavy atom. The molecule has 0 aromatic heterocycles. The standard InChI is InChI=1S/C20H27N3O/c1-15(2)23(3)14-17-9-7-8-16(12-17)13-22-20(24)19(21)18-10-5-4-6-11-18/h4-12,15,19H,13-14,21H2,1-3H3,(H,22,24). The van der Waals surface area contributed by atoms with E-state index in [2.05, 4.69) is 43.2 Å². The van der Waals surface area contributed by atoms with Crippen LogP contribution in [0.1, 0.15) is 36.6 Å². The molecule has 1 amide bonds. The zero-order valence-electron chi connectivity index (χ0n) is 14.7. The molecule has 24 heavy (non-hydrogen) atoms. The Morgan fingerprint density at radius 1 is 1.08 bits per heavy atom. The summed E-state index contributed by atoms with van der Waals surface area (Å²) < 4.78 is 0. The van der Waals surface area contributed by atoms with Crippen molar-refractivity contribution < 1.29 is 4.79 Å². The summed E-state index contributed by atoms with van der Waals surface area (Å²) >= 11 is 0. The van der Waals surface area contributed by atoms with E-state index < -0.39 is 6.04 Å². The number of rotatable bonds is 7. The van der Waals surface area contributed by atoms with Crippen molar-refractivity contribution in [3.8, 4) is 0 Å². The summed E-state index contributed by atoms with van der Waals surface area (Å²) in [6.07, 6.45) is 0. The van der Waals surface area contributed by atoms with Crippen LogP contribution in [0.5, 0.6) is 0 Å². The van der Waals surface area contributed by atoms with Gasteiger partial charge in [-0.1, -0.05) is 54.6 Å². The summed E-state index contributed by atoms with van der Waals surface area (Å²) in [6, 6.07) is 17.6. The Morgan fingerprint density at radius 3 is 2.42 bits per heavy atom. The maximum absolute atomic E-state index is 12.2. The van der Waals surface area contributed by atoms with Gasteiger partial charge >= 0.3 is 0 Å². The summed E-state index contributed by atoms with van der Waals surface area (Å²) in [5.41, 5.74) is 9.16. The van der Waals surface area contributed by atoms with Crippen molar-refractivity contribution in [2.24, 2.45) is 5.73 Å². The first kappa shape index (κ1) is 18.2. The van der Waals surface area contributed by atoms with Gasteiger partial charge in [-0.25, -0.2) is 0 Å². The van der Waals surface area contributed by atoms with E-state index in [1.807, 2.05) is 42.5 Å². The van der Waals surface area contributed by atoms with Crippen LogP contribution in [0.3, 0.4) is 0 Å². The fraction of sp³-hybridized carbons (Fsp3) is 0.350. The molecule has 1 unspecified atom stereocenters. The molecular weight excluding hydrogens is 298 g/mol. The van der Waals surface area contributed by atoms with Crippen LogP contribution < -0.4 is 11.1 Å². The highest BCUT2D eigenvalue weighted by Crippen LogP contribution is 2.11. The van der Waals surface area contributed by atoms with E-state index in [1.165, 1.54) is 5.56 Å². The van der Waals surface area contributed by atoms with Crippen LogP contribution in [0, 0.1) is 0 Å². The van der Waals surface area contributed by atoms with Gasteiger partial charge in [-0.2, -0.15) is 0 Å². The predicted molar refractivity (Wildman–Crippen MR) is 98.3 cm³/mol. The Kier molecular flexibility index (Phi) is 6.53. The molecule has 2 aromatic rings. The minimum Gasteiger partial charge on any atom is -0.350 e. The fourth-order valence-electron chi connectivity index (χ4n) is 2.42. The predicted octanol–water partition coefficient (Wildman–Crippen LogP) is 2.84. The third-order valence-corrected chi connectivity index (χ3v) is 4.21. The lowest BCUT2D eigenvalue weighted by Gasteiger charge is -2.21. The lowest BCUT2D eigenvalue weighted by Crippen LogP contribution is -2.33. The lowest BCUT2D eigenvalue weighted by atomic mass is 10.1. The number of nitrogens with one attached hydrogen (secondary N) is 1. The monoisotopic (exact) mass is 325 g/mol. The van der Waals surface area contributed by atoms with Gasteiger partial charge in [0.2, 0.25) is 5.91 Å². The highest BCUT2D eigenvalue weighted by atomic mass is 16.2. The lowest BCUT2D eigenvalue weighted by molar-refractivity contribution is -0.122. The van der Waals surface area contributed by atoms with Gasteiger partial charge in [0.05, 0.1) is 0 Å². The minimum absolute atomic E-state index is 0.161. The molecule has 0 saturated heterocycles. The average Bonchev–Trinajstić information content (AvgIpc) is 2.60. The molecule has 0 fully saturated rings. The first-order chi connectivity index (χ1) is 11.5. The largest absolute Gasteiger partial charge is 0.350 e. The summed E-state index contributed by atoms with van der Waals surface area (Å²) in [4.78, 5) is 14.5. The van der Waals surface area contributed by atoms with Crippen LogP contribution in [-0.2, 0) is 17.9 Å². The SMILES string of the molecule is CC(C)N(C)Cc1cccc(CNC(=O)C(N)c2ccccc2)c1. The molecule has 3 N–H and O–H groups in total. The van der Waals surface area contributed by atoms with Gasteiger partial charge in [-0.05, 0) is 37.6 Å². The summed E-state index contributed by atoms with van der Waals surface area (Å²) in [7, 11) is 2.11. The average molecular weight is 325 g/mol. The van der Waals surface area contributed by atoms with E-state index >= 15 is 0 Å². The van der Waals surface area contributed by atoms with E-state index in [0.29, 0.717) is 12.6 Å². The van der Waals surface area contributed by atoms with Crippen molar-refractivity contribution in [1.29, 1.82) is 0 Å². The zero-order chi connectivity index (χ0) is 17.5. The normalized spacial score (nSPS) is 12.4. The molecule has 0 saturated carbocycles. The van der Waals surface area contributed by atoms with Crippen LogP contribution >= 0.6 is 0 Å². The number of carbonyl (C=O) groups excluding carboxylic acids is 1. The second kappa shape index (κ2) is 8.62. The highest BCUT2D eigenvalue weighted by Gasteiger charge is 2.14. The first-order valence-electron chi connectivity index (χ1n) is 8.33. The first-order valence-corrected chi connectivity index (χ1v) is 8.33. The molecule has 2 rings (SSSR count). The number of nitrogens with two attached hydrogens (primary N) is 1. The van der Waals surface area contributed by atoms with Gasteiger partial charge < -0.3 is 11.1 Å². The molecular formula is C20H27N3O. The summed E-state index contributed by atoms with van der Waals surface area (Å²) in [5.74, 6) is -0.161. The number of hydrogen-bond donors (Lipinski definition) is 2. The van der Waals surface area contributed by atoms with Crippen LogP contribution in [0.25, 0.3) is 0 Å². The zero-order valence-corrected chi connectivity index (χ0v) is 14.7. The van der Waals surface area contributed by atoms with Gasteiger partial charge in [-0.15, -0.1) is 0 Å². The van der Waals surface area contributed by atoms with Crippen molar-refractivity contribution in [3.63, 3.8) is 0 Å². The molecule has 0 aliphatic carbocycles. The van der Waals surface area contributed by atoms with Crippen molar-refractivity contribution in [2.75, 3.05) is 7.05 Å². The van der Waals surface area contributed by atoms with Gasteiger partial charge in [0, 0.05) is 19.1 Å². The topological polar surface area (TPSA) is 58.4 Å². The van der Waals surface area contributed by atoms with Crippen molar-refractivity contribution >= 4 is 5.91 Å². The molecule has 0 spiro atoms. The quantitative estimate of drug-likeness (QED) is 0.823. The number of benzene rings is 2. The maximum atomic E-state index is 12.2. The number of nitrogens with zero attached hydrogens (tertiary/aromatic N) is 1. The van der Waals surface area contributed by atoms with Gasteiger partial charge in [-0.3, -0.25) is 9.69 Å². The van der Waals surface area contributed by atoms with Crippen LogP contribution in [0.2, 0.25) is 0 Å². The molecule has 128 valence electrons. The summed E-state index contributed by atoms with van der Waals surface area (Å²) in [6.45, 7) is 5.73. The smallest absolute Gasteiger partial charge is 0.241 e. The van der Waals surface area contributed by atoms with Gasteiger partial charge in [0.15, 0.2) is 0 Å². The van der Waals surface area contributed by atoms with Gasteiger partial charge in [0.25, 0.3) is 0 Å². The molecule has 0 radical (unpaired) electrons. The van der Waals surface area contributed by atoms with Crippen molar-refractivity contribution in [3.05, 3.63) is 71.3 Å². The third kappa shape index (κ3) is 5.18.